The van der Waals surface area contributed by atoms with E-state index in [-0.39, 0.29) is 5.56 Å². The summed E-state index contributed by atoms with van der Waals surface area (Å²) in [6.45, 7) is 0. The van der Waals surface area contributed by atoms with Crippen LogP contribution in [-0.2, 0) is 0 Å². The fourth-order valence-electron chi connectivity index (χ4n) is 1.51. The molecule has 0 saturated heterocycles. The number of aromatic carboxylic acids is 1. The predicted octanol–water partition coefficient (Wildman–Crippen LogP) is 3.76. The first-order chi connectivity index (χ1) is 9.56. The number of carbonyl (C=O) groups is 2. The number of benzene rings is 2. The molecule has 2 N–H and O–H groups in total. The number of anilines is 1. The van der Waals surface area contributed by atoms with Crippen LogP contribution in [0.2, 0.25) is 0 Å². The van der Waals surface area contributed by atoms with Crippen LogP contribution in [0.4, 0.5) is 10.5 Å². The number of carbonyl (C=O) groups excluding carboxylic acids is 1. The van der Waals surface area contributed by atoms with Crippen molar-refractivity contribution in [2.75, 3.05) is 5.32 Å². The van der Waals surface area contributed by atoms with Gasteiger partial charge < -0.3 is 9.84 Å². The third-order valence-corrected chi connectivity index (χ3v) is 3.09. The Kier molecular flexibility index (Phi) is 4.37. The van der Waals surface area contributed by atoms with Gasteiger partial charge in [-0.25, -0.2) is 9.59 Å². The second-order valence-electron chi connectivity index (χ2n) is 3.83. The van der Waals surface area contributed by atoms with Crippen LogP contribution in [-0.4, -0.2) is 17.2 Å². The summed E-state index contributed by atoms with van der Waals surface area (Å²) in [5.41, 5.74) is 0.397. The van der Waals surface area contributed by atoms with Crippen molar-refractivity contribution < 1.29 is 19.4 Å². The van der Waals surface area contributed by atoms with Gasteiger partial charge in [0.2, 0.25) is 0 Å². The summed E-state index contributed by atoms with van der Waals surface area (Å²) in [4.78, 5) is 22.6. The quantitative estimate of drug-likeness (QED) is 0.895. The Labute approximate surface area is 123 Å². The normalized spacial score (nSPS) is 9.85. The summed E-state index contributed by atoms with van der Waals surface area (Å²) in [6.07, 6.45) is -0.685. The molecule has 0 aliphatic carbocycles. The monoisotopic (exact) mass is 335 g/mol. The smallest absolute Gasteiger partial charge is 0.417 e. The lowest BCUT2D eigenvalue weighted by Crippen LogP contribution is -2.17. The Balaban J connectivity index is 2.08. The SMILES string of the molecule is O=C(Nc1ccc(Br)c(C(=O)O)c1)Oc1ccccc1. The standard InChI is InChI=1S/C14H10BrNO4/c15-12-7-6-9(8-11(12)13(17)18)16-14(19)20-10-4-2-1-3-5-10/h1-8H,(H,16,19)(H,17,18). The van der Waals surface area contributed by atoms with E-state index in [1.54, 1.807) is 42.5 Å². The molecule has 0 radical (unpaired) electrons. The average Bonchev–Trinajstić information content (AvgIpc) is 2.41. The van der Waals surface area contributed by atoms with E-state index in [1.165, 1.54) is 6.07 Å². The largest absolute Gasteiger partial charge is 0.478 e. The molecule has 0 unspecified atom stereocenters. The number of carboxylic acid groups (broad SMARTS) is 1. The van der Waals surface area contributed by atoms with Gasteiger partial charge in [0.15, 0.2) is 0 Å². The molecule has 20 heavy (non-hydrogen) atoms. The molecule has 102 valence electrons. The van der Waals surface area contributed by atoms with Gasteiger partial charge >= 0.3 is 12.1 Å². The maximum absolute atomic E-state index is 11.7. The van der Waals surface area contributed by atoms with E-state index >= 15 is 0 Å². The summed E-state index contributed by atoms with van der Waals surface area (Å²) in [5.74, 6) is -0.683. The van der Waals surface area contributed by atoms with Crippen molar-refractivity contribution in [3.05, 3.63) is 58.6 Å². The molecule has 0 aliphatic rings. The van der Waals surface area contributed by atoms with Crippen molar-refractivity contribution in [3.63, 3.8) is 0 Å². The lowest BCUT2D eigenvalue weighted by Gasteiger charge is -2.08. The topological polar surface area (TPSA) is 75.6 Å². The highest BCUT2D eigenvalue weighted by molar-refractivity contribution is 9.10. The molecular formula is C14H10BrNO4. The van der Waals surface area contributed by atoms with Gasteiger partial charge in [0.25, 0.3) is 0 Å². The number of halogens is 1. The Hall–Kier alpha value is -2.34. The van der Waals surface area contributed by atoms with Gasteiger partial charge in [-0.2, -0.15) is 0 Å². The minimum Gasteiger partial charge on any atom is -0.478 e. The Morgan fingerprint density at radius 2 is 1.80 bits per heavy atom. The van der Waals surface area contributed by atoms with E-state index in [4.69, 9.17) is 9.84 Å². The van der Waals surface area contributed by atoms with E-state index < -0.39 is 12.1 Å². The molecule has 1 amide bonds. The maximum Gasteiger partial charge on any atom is 0.417 e. The average molecular weight is 336 g/mol. The van der Waals surface area contributed by atoms with Crippen molar-refractivity contribution >= 4 is 33.7 Å². The van der Waals surface area contributed by atoms with Gasteiger partial charge in [-0.3, -0.25) is 5.32 Å². The number of para-hydroxylation sites is 1. The summed E-state index contributed by atoms with van der Waals surface area (Å²) in [6, 6.07) is 13.0. The first-order valence-corrected chi connectivity index (χ1v) is 6.42. The number of carboxylic acids is 1. The zero-order chi connectivity index (χ0) is 14.5. The zero-order valence-corrected chi connectivity index (χ0v) is 11.8. The van der Waals surface area contributed by atoms with E-state index in [0.717, 1.165) is 0 Å². The summed E-state index contributed by atoms with van der Waals surface area (Å²) in [5, 5.41) is 11.5. The molecule has 0 fully saturated rings. The predicted molar refractivity (Wildman–Crippen MR) is 77.2 cm³/mol. The number of nitrogens with one attached hydrogen (secondary N) is 1. The van der Waals surface area contributed by atoms with Crippen LogP contribution in [0.1, 0.15) is 10.4 Å². The second-order valence-corrected chi connectivity index (χ2v) is 4.68. The van der Waals surface area contributed by atoms with E-state index in [2.05, 4.69) is 21.2 Å². The molecule has 0 spiro atoms. The van der Waals surface area contributed by atoms with Crippen LogP contribution < -0.4 is 10.1 Å². The van der Waals surface area contributed by atoms with E-state index in [1.807, 2.05) is 0 Å². The lowest BCUT2D eigenvalue weighted by molar-refractivity contribution is 0.0696. The van der Waals surface area contributed by atoms with Gasteiger partial charge in [-0.15, -0.1) is 0 Å². The summed E-state index contributed by atoms with van der Waals surface area (Å²) < 4.78 is 5.48. The van der Waals surface area contributed by atoms with Gasteiger partial charge in [-0.05, 0) is 46.3 Å². The van der Waals surface area contributed by atoms with Crippen molar-refractivity contribution in [2.45, 2.75) is 0 Å². The molecule has 2 aromatic carbocycles. The molecule has 5 nitrogen and oxygen atoms in total. The molecule has 6 heteroatoms. The van der Waals surface area contributed by atoms with Gasteiger partial charge in [0.1, 0.15) is 5.75 Å². The molecule has 0 saturated carbocycles. The highest BCUT2D eigenvalue weighted by atomic mass is 79.9. The molecular weight excluding hydrogens is 326 g/mol. The molecule has 0 heterocycles. The summed E-state index contributed by atoms with van der Waals surface area (Å²) >= 11 is 3.13. The number of hydrogen-bond donors (Lipinski definition) is 2. The minimum atomic E-state index is -1.09. The van der Waals surface area contributed by atoms with Crippen LogP contribution in [0.15, 0.2) is 53.0 Å². The fourth-order valence-corrected chi connectivity index (χ4v) is 1.92. The van der Waals surface area contributed by atoms with Gasteiger partial charge in [-0.1, -0.05) is 18.2 Å². The number of hydrogen-bond acceptors (Lipinski definition) is 3. The molecule has 2 rings (SSSR count). The Morgan fingerprint density at radius 1 is 1.10 bits per heavy atom. The highest BCUT2D eigenvalue weighted by Gasteiger charge is 2.11. The van der Waals surface area contributed by atoms with Crippen molar-refractivity contribution in [2.24, 2.45) is 0 Å². The second kappa shape index (κ2) is 6.21. The number of rotatable bonds is 3. The fraction of sp³-hybridized carbons (Fsp3) is 0. The molecule has 0 bridgehead atoms. The molecule has 0 atom stereocenters. The van der Waals surface area contributed by atoms with Crippen LogP contribution >= 0.6 is 15.9 Å². The van der Waals surface area contributed by atoms with Crippen molar-refractivity contribution in [1.82, 2.24) is 0 Å². The van der Waals surface area contributed by atoms with Crippen LogP contribution in [0.25, 0.3) is 0 Å². The van der Waals surface area contributed by atoms with Crippen molar-refractivity contribution in [3.8, 4) is 5.75 Å². The minimum absolute atomic E-state index is 0.0579. The van der Waals surface area contributed by atoms with Gasteiger partial charge in [0.05, 0.1) is 5.56 Å². The molecule has 2 aromatic rings. The maximum atomic E-state index is 11.7. The van der Waals surface area contributed by atoms with E-state index in [9.17, 15) is 9.59 Å². The van der Waals surface area contributed by atoms with Gasteiger partial charge in [0, 0.05) is 10.2 Å². The van der Waals surface area contributed by atoms with Crippen LogP contribution in [0.5, 0.6) is 5.75 Å². The highest BCUT2D eigenvalue weighted by Crippen LogP contribution is 2.21. The third kappa shape index (κ3) is 3.58. The van der Waals surface area contributed by atoms with Crippen LogP contribution in [0, 0.1) is 0 Å². The summed E-state index contributed by atoms with van der Waals surface area (Å²) in [7, 11) is 0. The lowest BCUT2D eigenvalue weighted by atomic mass is 10.2. The third-order valence-electron chi connectivity index (χ3n) is 2.40. The van der Waals surface area contributed by atoms with Crippen molar-refractivity contribution in [1.29, 1.82) is 0 Å². The van der Waals surface area contributed by atoms with E-state index in [0.29, 0.717) is 15.9 Å². The Bertz CT molecular complexity index is 643. The van der Waals surface area contributed by atoms with Crippen LogP contribution in [0.3, 0.4) is 0 Å². The molecule has 0 aliphatic heterocycles. The molecule has 0 aromatic heterocycles. The zero-order valence-electron chi connectivity index (χ0n) is 10.2. The first kappa shape index (κ1) is 14.1. The first-order valence-electron chi connectivity index (χ1n) is 5.63. The number of amides is 1. The number of ether oxygens (including phenoxy) is 1. The Morgan fingerprint density at radius 3 is 2.45 bits per heavy atom.